The van der Waals surface area contributed by atoms with E-state index in [1.807, 2.05) is 0 Å². The van der Waals surface area contributed by atoms with E-state index in [1.165, 1.54) is 48.9 Å². The molecule has 0 aliphatic heterocycles. The molecule has 0 N–H and O–H groups in total. The van der Waals surface area contributed by atoms with E-state index in [0.29, 0.717) is 0 Å². The van der Waals surface area contributed by atoms with E-state index in [1.54, 1.807) is 13.3 Å². The zero-order valence-electron chi connectivity index (χ0n) is 13.0. The van der Waals surface area contributed by atoms with Crippen LogP contribution in [0.25, 0.3) is 0 Å². The van der Waals surface area contributed by atoms with Crippen LogP contribution in [-0.2, 0) is 0 Å². The molecule has 1 fully saturated rings. The van der Waals surface area contributed by atoms with Gasteiger partial charge in [0.05, 0.1) is 0 Å². The van der Waals surface area contributed by atoms with Crippen LogP contribution in [0.15, 0.2) is 12.7 Å². The van der Waals surface area contributed by atoms with Crippen molar-refractivity contribution in [3.8, 4) is 0 Å². The first-order chi connectivity index (χ1) is 8.74. The molecule has 106 valence electrons. The van der Waals surface area contributed by atoms with E-state index in [-0.39, 0.29) is 0 Å². The van der Waals surface area contributed by atoms with Crippen LogP contribution in [0.1, 0.15) is 65.7 Å². The number of unbranched alkanes of at least 4 members (excludes halogenated alkanes) is 3. The predicted molar refractivity (Wildman–Crippen MR) is 87.0 cm³/mol. The van der Waals surface area contributed by atoms with E-state index in [0.717, 1.165) is 5.92 Å². The van der Waals surface area contributed by atoms with Gasteiger partial charge >= 0.3 is 120 Å². The zero-order valence-corrected chi connectivity index (χ0v) is 15.9. The minimum atomic E-state index is -1.82. The summed E-state index contributed by atoms with van der Waals surface area (Å²) in [5.41, 5.74) is 0. The van der Waals surface area contributed by atoms with Gasteiger partial charge in [-0.05, 0) is 0 Å². The minimum absolute atomic E-state index is 0.936. The van der Waals surface area contributed by atoms with Gasteiger partial charge in [0.15, 0.2) is 0 Å². The van der Waals surface area contributed by atoms with Gasteiger partial charge in [0, 0.05) is 0 Å². The molecular weight excluding hydrogens is 323 g/mol. The molecule has 2 unspecified atom stereocenters. The summed E-state index contributed by atoms with van der Waals surface area (Å²) in [6, 6.07) is 0. The summed E-state index contributed by atoms with van der Waals surface area (Å²) in [4.78, 5) is 0. The third kappa shape index (κ3) is 4.58. The van der Waals surface area contributed by atoms with Crippen molar-refractivity contribution in [2.24, 2.45) is 5.92 Å². The molecule has 0 heterocycles. The molecule has 0 nitrogen and oxygen atoms in total. The first-order valence-electron chi connectivity index (χ1n) is 8.36. The Hall–Kier alpha value is 0.539. The first kappa shape index (κ1) is 16.6. The van der Waals surface area contributed by atoms with Crippen LogP contribution in [0.3, 0.4) is 0 Å². The summed E-state index contributed by atoms with van der Waals surface area (Å²) in [7, 11) is 0. The molecule has 18 heavy (non-hydrogen) atoms. The van der Waals surface area contributed by atoms with Gasteiger partial charge in [0.1, 0.15) is 0 Å². The van der Waals surface area contributed by atoms with E-state index in [9.17, 15) is 0 Å². The Labute approximate surface area is 120 Å². The van der Waals surface area contributed by atoms with Gasteiger partial charge in [-0.2, -0.15) is 0 Å². The molecule has 1 rings (SSSR count). The number of hydrogen-bond donors (Lipinski definition) is 0. The molecule has 0 saturated heterocycles. The molecule has 0 amide bonds. The Bertz CT molecular complexity index is 212. The van der Waals surface area contributed by atoms with Crippen LogP contribution in [-0.4, -0.2) is 18.4 Å². The molecule has 0 aromatic heterocycles. The quantitative estimate of drug-likeness (QED) is 0.296. The van der Waals surface area contributed by atoms with Crippen LogP contribution in [0.4, 0.5) is 0 Å². The van der Waals surface area contributed by atoms with Gasteiger partial charge in [0.2, 0.25) is 0 Å². The fraction of sp³-hybridized carbons (Fsp3) is 0.882. The van der Waals surface area contributed by atoms with Crippen molar-refractivity contribution in [1.29, 1.82) is 0 Å². The van der Waals surface area contributed by atoms with Crippen molar-refractivity contribution in [2.45, 2.75) is 83.0 Å². The average molecular weight is 357 g/mol. The van der Waals surface area contributed by atoms with Crippen LogP contribution in [0.2, 0.25) is 17.2 Å². The van der Waals surface area contributed by atoms with Crippen molar-refractivity contribution in [3.05, 3.63) is 12.7 Å². The number of allylic oxidation sites excluding steroid dienone is 1. The second kappa shape index (κ2) is 8.66. The van der Waals surface area contributed by atoms with Gasteiger partial charge in [-0.3, -0.25) is 0 Å². The second-order valence-corrected chi connectivity index (χ2v) is 20.6. The molecule has 0 aromatic rings. The summed E-state index contributed by atoms with van der Waals surface area (Å²) >= 11 is -1.82. The van der Waals surface area contributed by atoms with Crippen molar-refractivity contribution in [1.82, 2.24) is 0 Å². The summed E-state index contributed by atoms with van der Waals surface area (Å²) < 4.78 is 6.22. The summed E-state index contributed by atoms with van der Waals surface area (Å²) in [5, 5.41) is 0. The Morgan fingerprint density at radius 2 is 1.39 bits per heavy atom. The summed E-state index contributed by atoms with van der Waals surface area (Å²) in [6.07, 6.45) is 12.6. The van der Waals surface area contributed by atoms with Gasteiger partial charge in [-0.1, -0.05) is 0 Å². The van der Waals surface area contributed by atoms with Crippen LogP contribution in [0, 0.1) is 5.92 Å². The standard InChI is InChI=1S/C5H7.3C4H9.Sn/c1-2-5-3-4-5;3*1-3-4-2;/h2-3,5H,1,4H2;3*1,3-4H2,2H3;. The van der Waals surface area contributed by atoms with Crippen molar-refractivity contribution >= 4 is 18.4 Å². The first-order valence-corrected chi connectivity index (χ1v) is 16.1. The van der Waals surface area contributed by atoms with Gasteiger partial charge in [-0.25, -0.2) is 0 Å². The molecule has 0 spiro atoms. The molecule has 1 aliphatic rings. The Morgan fingerprint density at radius 3 is 1.67 bits per heavy atom. The van der Waals surface area contributed by atoms with Gasteiger partial charge in [0.25, 0.3) is 0 Å². The molecule has 1 aliphatic carbocycles. The second-order valence-electron chi connectivity index (χ2n) is 6.41. The van der Waals surface area contributed by atoms with Crippen molar-refractivity contribution in [2.75, 3.05) is 0 Å². The molecule has 0 bridgehead atoms. The Morgan fingerprint density at radius 1 is 0.944 bits per heavy atom. The zero-order chi connectivity index (χ0) is 13.4. The third-order valence-electron chi connectivity index (χ3n) is 5.01. The number of rotatable bonds is 11. The fourth-order valence-corrected chi connectivity index (χ4v) is 23.3. The van der Waals surface area contributed by atoms with Crippen LogP contribution < -0.4 is 0 Å². The summed E-state index contributed by atoms with van der Waals surface area (Å²) in [6.45, 7) is 11.2. The van der Waals surface area contributed by atoms with E-state index >= 15 is 0 Å². The molecule has 0 aromatic carbocycles. The Balaban J connectivity index is 2.68. The molecule has 0 radical (unpaired) electrons. The van der Waals surface area contributed by atoms with E-state index in [2.05, 4.69) is 33.4 Å². The van der Waals surface area contributed by atoms with E-state index < -0.39 is 18.4 Å². The maximum atomic E-state index is 4.06. The van der Waals surface area contributed by atoms with Gasteiger partial charge < -0.3 is 0 Å². The molecule has 1 saturated carbocycles. The molecular formula is C17H34Sn. The predicted octanol–water partition coefficient (Wildman–Crippen LogP) is 6.41. The summed E-state index contributed by atoms with van der Waals surface area (Å²) in [5.74, 6) is 0.936. The molecule has 2 atom stereocenters. The fourth-order valence-electron chi connectivity index (χ4n) is 3.70. The van der Waals surface area contributed by atoms with Crippen molar-refractivity contribution < 1.29 is 0 Å². The van der Waals surface area contributed by atoms with Crippen molar-refractivity contribution in [3.63, 3.8) is 0 Å². The SMILES string of the molecule is C=CC1C[CH]1[Sn]([CH2]CCC)([CH2]CCC)[CH2]CCC. The van der Waals surface area contributed by atoms with Crippen LogP contribution in [0.5, 0.6) is 0 Å². The van der Waals surface area contributed by atoms with E-state index in [4.69, 9.17) is 0 Å². The van der Waals surface area contributed by atoms with Crippen LogP contribution >= 0.6 is 0 Å². The topological polar surface area (TPSA) is 0 Å². The average Bonchev–Trinajstić information content (AvgIpc) is 3.18. The molecule has 1 heteroatoms. The normalized spacial score (nSPS) is 23.1. The van der Waals surface area contributed by atoms with Gasteiger partial charge in [-0.15, -0.1) is 0 Å². The maximum absolute atomic E-state index is 4.06. The third-order valence-corrected chi connectivity index (χ3v) is 23.0. The Kier molecular flexibility index (Phi) is 7.98. The monoisotopic (exact) mass is 358 g/mol. The number of hydrogen-bond acceptors (Lipinski definition) is 0.